The van der Waals surface area contributed by atoms with E-state index in [4.69, 9.17) is 0 Å². The van der Waals surface area contributed by atoms with Crippen LogP contribution < -0.4 is 14.3 Å². The van der Waals surface area contributed by atoms with Gasteiger partial charge in [-0.05, 0) is 0 Å². The quantitative estimate of drug-likeness (QED) is 0.118. The third-order valence-electron chi connectivity index (χ3n) is 6.05. The van der Waals surface area contributed by atoms with Gasteiger partial charge in [-0.25, -0.2) is 0 Å². The normalized spacial score (nSPS) is 9.61. The van der Waals surface area contributed by atoms with Crippen molar-refractivity contribution in [1.29, 1.82) is 0 Å². The molecule has 0 atom stereocenters. The largest absolute Gasteiger partial charge is 0.813 e. The van der Waals surface area contributed by atoms with Gasteiger partial charge in [0.15, 0.2) is 0 Å². The average molecular weight is 726 g/mol. The summed E-state index contributed by atoms with van der Waals surface area (Å²) >= 11 is -3.20. The predicted molar refractivity (Wildman–Crippen MR) is 173 cm³/mol. The summed E-state index contributed by atoms with van der Waals surface area (Å²) in [5.74, 6) is 0. The summed E-state index contributed by atoms with van der Waals surface area (Å²) in [5.41, 5.74) is 0. The molecule has 0 N–H and O–H groups in total. The topological polar surface area (TPSA) is 0 Å². The van der Waals surface area contributed by atoms with Crippen molar-refractivity contribution < 1.29 is 0 Å². The second-order valence-electron chi connectivity index (χ2n) is 8.63. The summed E-state index contributed by atoms with van der Waals surface area (Å²) in [4.78, 5) is 0. The summed E-state index contributed by atoms with van der Waals surface area (Å²) in [7, 11) is 0. The van der Waals surface area contributed by atoms with E-state index in [0.29, 0.717) is 0 Å². The molecule has 36 heavy (non-hydrogen) atoms. The number of thiol groups is 2. The van der Waals surface area contributed by atoms with Crippen LogP contribution in [0.1, 0.15) is 39.5 Å². The zero-order valence-electron chi connectivity index (χ0n) is 21.7. The van der Waals surface area contributed by atoms with E-state index in [-0.39, 0.29) is 27.0 Å². The molecular weight excluding hydrogens is 686 g/mol. The van der Waals surface area contributed by atoms with Gasteiger partial charge in [0, 0.05) is 0 Å². The fourth-order valence-corrected chi connectivity index (χ4v) is 20.2. The van der Waals surface area contributed by atoms with Crippen LogP contribution in [0.15, 0.2) is 121 Å². The minimum atomic E-state index is -1.60. The van der Waals surface area contributed by atoms with E-state index < -0.39 is 39.5 Å². The van der Waals surface area contributed by atoms with Crippen molar-refractivity contribution in [3.05, 3.63) is 121 Å². The Kier molecular flexibility index (Phi) is 18.6. The van der Waals surface area contributed by atoms with Crippen LogP contribution in [0, 0.1) is 0 Å². The molecule has 0 nitrogen and oxygen atoms in total. The van der Waals surface area contributed by atoms with Crippen LogP contribution in [0.4, 0.5) is 0 Å². The van der Waals surface area contributed by atoms with Crippen molar-refractivity contribution >= 4 is 80.8 Å². The monoisotopic (exact) mass is 728 g/mol. The molecular formula is C32H40S2Sn2. The van der Waals surface area contributed by atoms with Gasteiger partial charge in [-0.3, -0.25) is 0 Å². The van der Waals surface area contributed by atoms with Crippen molar-refractivity contribution in [3.8, 4) is 0 Å². The first-order chi connectivity index (χ1) is 16.8. The molecule has 0 aromatic heterocycles. The Hall–Kier alpha value is -0.823. The molecule has 0 saturated heterocycles. The Labute approximate surface area is 248 Å². The van der Waals surface area contributed by atoms with Gasteiger partial charge in [-0.2, -0.15) is 0 Å². The molecule has 0 bridgehead atoms. The Morgan fingerprint density at radius 2 is 0.611 bits per heavy atom. The van der Waals surface area contributed by atoms with E-state index in [1.165, 1.54) is 34.6 Å². The van der Waals surface area contributed by atoms with E-state index in [2.05, 4.69) is 135 Å². The average Bonchev–Trinajstić information content (AvgIpc) is 2.92. The Morgan fingerprint density at radius 3 is 0.806 bits per heavy atom. The van der Waals surface area contributed by atoms with Gasteiger partial charge in [0.1, 0.15) is 0 Å². The van der Waals surface area contributed by atoms with Crippen molar-refractivity contribution in [3.63, 3.8) is 0 Å². The fourth-order valence-electron chi connectivity index (χ4n) is 4.18. The van der Waals surface area contributed by atoms with Gasteiger partial charge >= 0.3 is 224 Å². The molecule has 0 aliphatic carbocycles. The third-order valence-corrected chi connectivity index (χ3v) is 22.7. The van der Waals surface area contributed by atoms with Gasteiger partial charge in [0.2, 0.25) is 0 Å². The molecule has 0 spiro atoms. The standard InChI is InChI=1S/4C6H5.2C4H9.2H2S.2Sn/c4*1-2-4-6-5-3-1;2*1-3-4-2;;;;/h4*1-5H;2*1,3-4H2,2H3;2*1H2;;/q;;;;;;;;2*+1/p-2. The van der Waals surface area contributed by atoms with Crippen molar-refractivity contribution in [2.45, 2.75) is 48.4 Å². The summed E-state index contributed by atoms with van der Waals surface area (Å²) in [6.07, 6.45) is 5.37. The van der Waals surface area contributed by atoms with E-state index in [1.54, 1.807) is 14.3 Å². The predicted octanol–water partition coefficient (Wildman–Crippen LogP) is 5.65. The number of hydrogen-bond donors (Lipinski definition) is 0. The van der Waals surface area contributed by atoms with E-state index in [9.17, 15) is 0 Å². The number of benzene rings is 4. The summed E-state index contributed by atoms with van der Waals surface area (Å²) in [6.45, 7) is 4.58. The van der Waals surface area contributed by atoms with E-state index >= 15 is 0 Å². The van der Waals surface area contributed by atoms with Crippen LogP contribution in [0.2, 0.25) is 8.87 Å². The fraction of sp³-hybridized carbons (Fsp3) is 0.250. The second-order valence-corrected chi connectivity index (χ2v) is 23.5. The smallest absolute Gasteiger partial charge is 0.813 e. The molecule has 4 aromatic carbocycles. The molecule has 0 aliphatic heterocycles. The van der Waals surface area contributed by atoms with Gasteiger partial charge in [0.05, 0.1) is 0 Å². The summed E-state index contributed by atoms with van der Waals surface area (Å²) in [5, 5.41) is 0. The molecule has 188 valence electrons. The van der Waals surface area contributed by atoms with Crippen LogP contribution in [0.5, 0.6) is 0 Å². The molecule has 0 fully saturated rings. The zero-order chi connectivity index (χ0) is 23.8. The van der Waals surface area contributed by atoms with Crippen LogP contribution in [0.3, 0.4) is 0 Å². The Morgan fingerprint density at radius 1 is 0.389 bits per heavy atom. The molecule has 0 radical (unpaired) electrons. The maximum Gasteiger partial charge on any atom is -0.813 e. The first-order valence-corrected chi connectivity index (χ1v) is 22.5. The van der Waals surface area contributed by atoms with Crippen LogP contribution in [-0.2, 0) is 27.0 Å². The Bertz CT molecular complexity index is 863. The summed E-state index contributed by atoms with van der Waals surface area (Å²) < 4.78 is 9.41. The molecule has 0 heterocycles. The first-order valence-electron chi connectivity index (χ1n) is 12.8. The van der Waals surface area contributed by atoms with Gasteiger partial charge in [0.25, 0.3) is 0 Å². The third kappa shape index (κ3) is 11.3. The van der Waals surface area contributed by atoms with E-state index in [0.717, 1.165) is 0 Å². The molecule has 4 rings (SSSR count). The summed E-state index contributed by atoms with van der Waals surface area (Å²) in [6, 6.07) is 44.6. The maximum atomic E-state index is 2.33. The molecule has 0 aliphatic rings. The van der Waals surface area contributed by atoms with Crippen LogP contribution in [-0.4, -0.2) is 39.5 Å². The molecule has 4 aromatic rings. The van der Waals surface area contributed by atoms with Crippen LogP contribution >= 0.6 is 0 Å². The maximum absolute atomic E-state index is 2.33. The second kappa shape index (κ2) is 20.2. The molecule has 0 amide bonds. The van der Waals surface area contributed by atoms with Crippen molar-refractivity contribution in [1.82, 2.24) is 0 Å². The number of unbranched alkanes of at least 4 members (excludes halogenated alkanes) is 2. The van der Waals surface area contributed by atoms with Crippen molar-refractivity contribution in [2.75, 3.05) is 0 Å². The molecule has 4 heteroatoms. The number of hydrogen-bond acceptors (Lipinski definition) is 2. The van der Waals surface area contributed by atoms with Crippen molar-refractivity contribution in [2.24, 2.45) is 0 Å². The first kappa shape index (κ1) is 33.2. The minimum absolute atomic E-state index is 0. The zero-order valence-corrected chi connectivity index (χ0v) is 29.2. The van der Waals surface area contributed by atoms with Gasteiger partial charge in [-0.1, -0.05) is 0 Å². The molecule has 0 unspecified atom stereocenters. The SMILES string of the molecule is CCC[CH2][Sn+]([c]1ccccc1)[c]1ccccc1.CCC[CH2][Sn+]([c]1ccccc1)[c]1ccccc1.[SH-].[SH-]. The van der Waals surface area contributed by atoms with Gasteiger partial charge < -0.3 is 27.0 Å². The van der Waals surface area contributed by atoms with Crippen LogP contribution in [0.25, 0.3) is 0 Å². The number of rotatable bonds is 10. The Balaban J connectivity index is 0.000000341. The van der Waals surface area contributed by atoms with Gasteiger partial charge in [-0.15, -0.1) is 0 Å². The minimum Gasteiger partial charge on any atom is -0.813 e. The van der Waals surface area contributed by atoms with E-state index in [1.807, 2.05) is 0 Å². The molecule has 0 saturated carbocycles.